The van der Waals surface area contributed by atoms with Crippen molar-refractivity contribution in [2.75, 3.05) is 20.6 Å². The maximum Gasteiger partial charge on any atom is 0.242 e. The van der Waals surface area contributed by atoms with Crippen LogP contribution in [0.5, 0.6) is 0 Å². The molecule has 0 saturated carbocycles. The first-order chi connectivity index (χ1) is 7.83. The zero-order valence-corrected chi connectivity index (χ0v) is 12.4. The van der Waals surface area contributed by atoms with Crippen LogP contribution in [0.3, 0.4) is 0 Å². The SMILES string of the molecule is CC(CNS(=O)(=O)c1cncc(Br)c1)N(C)C. The zero-order valence-electron chi connectivity index (χ0n) is 10.0. The van der Waals surface area contributed by atoms with Gasteiger partial charge in [0.2, 0.25) is 10.0 Å². The van der Waals surface area contributed by atoms with Crippen molar-refractivity contribution in [3.05, 3.63) is 22.9 Å². The molecule has 1 aromatic heterocycles. The molecule has 1 heterocycles. The van der Waals surface area contributed by atoms with Crippen molar-refractivity contribution in [1.82, 2.24) is 14.6 Å². The van der Waals surface area contributed by atoms with Crippen molar-refractivity contribution < 1.29 is 8.42 Å². The first-order valence-electron chi connectivity index (χ1n) is 5.09. The Hall–Kier alpha value is -0.500. The Morgan fingerprint density at radius 1 is 1.47 bits per heavy atom. The summed E-state index contributed by atoms with van der Waals surface area (Å²) in [5.41, 5.74) is 0. The molecule has 1 rings (SSSR count). The number of sulfonamides is 1. The van der Waals surface area contributed by atoms with Crippen molar-refractivity contribution in [2.45, 2.75) is 17.9 Å². The van der Waals surface area contributed by atoms with E-state index in [0.717, 1.165) is 0 Å². The molecule has 17 heavy (non-hydrogen) atoms. The molecule has 0 aliphatic rings. The molecule has 0 saturated heterocycles. The monoisotopic (exact) mass is 321 g/mol. The summed E-state index contributed by atoms with van der Waals surface area (Å²) >= 11 is 3.19. The highest BCUT2D eigenvalue weighted by Crippen LogP contribution is 2.13. The second kappa shape index (κ2) is 5.90. The number of aromatic nitrogens is 1. The van der Waals surface area contributed by atoms with Gasteiger partial charge in [0, 0.05) is 29.5 Å². The molecule has 7 heteroatoms. The van der Waals surface area contributed by atoms with E-state index in [9.17, 15) is 8.42 Å². The van der Waals surface area contributed by atoms with Crippen molar-refractivity contribution in [3.8, 4) is 0 Å². The number of hydrogen-bond donors (Lipinski definition) is 1. The molecule has 0 bridgehead atoms. The van der Waals surface area contributed by atoms with Gasteiger partial charge < -0.3 is 4.90 Å². The Morgan fingerprint density at radius 2 is 2.12 bits per heavy atom. The van der Waals surface area contributed by atoms with Gasteiger partial charge in [-0.1, -0.05) is 0 Å². The summed E-state index contributed by atoms with van der Waals surface area (Å²) < 4.78 is 27.0. The van der Waals surface area contributed by atoms with Gasteiger partial charge in [0.25, 0.3) is 0 Å². The molecule has 0 aliphatic heterocycles. The van der Waals surface area contributed by atoms with Gasteiger partial charge in [-0.05, 0) is 43.0 Å². The molecule has 1 unspecified atom stereocenters. The molecule has 1 aromatic rings. The second-order valence-corrected chi connectivity index (χ2v) is 6.69. The van der Waals surface area contributed by atoms with Crippen molar-refractivity contribution >= 4 is 26.0 Å². The van der Waals surface area contributed by atoms with Crippen LogP contribution >= 0.6 is 15.9 Å². The minimum absolute atomic E-state index is 0.130. The minimum atomic E-state index is -3.48. The second-order valence-electron chi connectivity index (χ2n) is 4.00. The quantitative estimate of drug-likeness (QED) is 0.881. The third-order valence-electron chi connectivity index (χ3n) is 2.44. The Balaban J connectivity index is 2.76. The van der Waals surface area contributed by atoms with E-state index in [4.69, 9.17) is 0 Å². The Kier molecular flexibility index (Phi) is 5.05. The molecule has 0 aromatic carbocycles. The number of likely N-dealkylation sites (N-methyl/N-ethyl adjacent to an activating group) is 1. The van der Waals surface area contributed by atoms with E-state index >= 15 is 0 Å². The van der Waals surface area contributed by atoms with Gasteiger partial charge >= 0.3 is 0 Å². The van der Waals surface area contributed by atoms with E-state index in [1.807, 2.05) is 25.9 Å². The largest absolute Gasteiger partial charge is 0.305 e. The normalized spacial score (nSPS) is 13.9. The average Bonchev–Trinajstić information content (AvgIpc) is 2.26. The highest BCUT2D eigenvalue weighted by molar-refractivity contribution is 9.10. The lowest BCUT2D eigenvalue weighted by molar-refractivity contribution is 0.314. The van der Waals surface area contributed by atoms with Crippen LogP contribution in [0, 0.1) is 0 Å². The summed E-state index contributed by atoms with van der Waals surface area (Å²) in [6, 6.07) is 1.65. The number of pyridine rings is 1. The first kappa shape index (κ1) is 14.6. The van der Waals surface area contributed by atoms with Crippen LogP contribution in [0.15, 0.2) is 27.8 Å². The molecule has 0 aliphatic carbocycles. The van der Waals surface area contributed by atoms with Crippen LogP contribution in [0.1, 0.15) is 6.92 Å². The van der Waals surface area contributed by atoms with Crippen molar-refractivity contribution in [2.24, 2.45) is 0 Å². The summed E-state index contributed by atoms with van der Waals surface area (Å²) in [6.07, 6.45) is 2.87. The zero-order chi connectivity index (χ0) is 13.1. The summed E-state index contributed by atoms with van der Waals surface area (Å²) in [6.45, 7) is 2.31. The smallest absolute Gasteiger partial charge is 0.242 e. The van der Waals surface area contributed by atoms with E-state index < -0.39 is 10.0 Å². The lowest BCUT2D eigenvalue weighted by Crippen LogP contribution is -2.38. The van der Waals surface area contributed by atoms with E-state index in [0.29, 0.717) is 11.0 Å². The molecule has 0 radical (unpaired) electrons. The summed E-state index contributed by atoms with van der Waals surface area (Å²) in [7, 11) is 0.324. The number of nitrogens with one attached hydrogen (secondary N) is 1. The topological polar surface area (TPSA) is 62.3 Å². The van der Waals surface area contributed by atoms with Gasteiger partial charge in [-0.2, -0.15) is 0 Å². The molecule has 96 valence electrons. The van der Waals surface area contributed by atoms with E-state index in [-0.39, 0.29) is 10.9 Å². The van der Waals surface area contributed by atoms with Gasteiger partial charge in [0.15, 0.2) is 0 Å². The van der Waals surface area contributed by atoms with E-state index in [1.54, 1.807) is 6.20 Å². The third kappa shape index (κ3) is 4.34. The van der Waals surface area contributed by atoms with Crippen LogP contribution in [-0.2, 0) is 10.0 Å². The van der Waals surface area contributed by atoms with Crippen LogP contribution in [0.2, 0.25) is 0 Å². The fourth-order valence-corrected chi connectivity index (χ4v) is 2.66. The van der Waals surface area contributed by atoms with E-state index in [1.165, 1.54) is 12.3 Å². The fraction of sp³-hybridized carbons (Fsp3) is 0.500. The Bertz CT molecular complexity index is 476. The standard InChI is InChI=1S/C10H16BrN3O2S/c1-8(14(2)3)5-13-17(15,16)10-4-9(11)6-12-7-10/h4,6-8,13H,5H2,1-3H3. The van der Waals surface area contributed by atoms with Gasteiger partial charge in [-0.3, -0.25) is 4.98 Å². The number of hydrogen-bond acceptors (Lipinski definition) is 4. The Morgan fingerprint density at radius 3 is 2.65 bits per heavy atom. The lowest BCUT2D eigenvalue weighted by atomic mass is 10.3. The molecule has 5 nitrogen and oxygen atoms in total. The van der Waals surface area contributed by atoms with Gasteiger partial charge in [0.1, 0.15) is 4.90 Å². The van der Waals surface area contributed by atoms with Crippen LogP contribution < -0.4 is 4.72 Å². The first-order valence-corrected chi connectivity index (χ1v) is 7.37. The summed E-state index contributed by atoms with van der Waals surface area (Å²) in [5.74, 6) is 0. The molecule has 1 N–H and O–H groups in total. The highest BCUT2D eigenvalue weighted by atomic mass is 79.9. The number of nitrogens with zero attached hydrogens (tertiary/aromatic N) is 2. The average molecular weight is 322 g/mol. The minimum Gasteiger partial charge on any atom is -0.305 e. The molecular weight excluding hydrogens is 306 g/mol. The van der Waals surface area contributed by atoms with Crippen LogP contribution in [0.4, 0.5) is 0 Å². The molecular formula is C10H16BrN3O2S. The van der Waals surface area contributed by atoms with Crippen molar-refractivity contribution in [1.29, 1.82) is 0 Å². The number of halogens is 1. The van der Waals surface area contributed by atoms with E-state index in [2.05, 4.69) is 25.6 Å². The lowest BCUT2D eigenvalue weighted by Gasteiger charge is -2.19. The maximum atomic E-state index is 11.9. The molecule has 0 amide bonds. The maximum absolute atomic E-state index is 11.9. The fourth-order valence-electron chi connectivity index (χ4n) is 1.04. The number of rotatable bonds is 5. The molecule has 1 atom stereocenters. The van der Waals surface area contributed by atoms with Crippen LogP contribution in [0.25, 0.3) is 0 Å². The third-order valence-corrected chi connectivity index (χ3v) is 4.26. The molecule has 0 spiro atoms. The van der Waals surface area contributed by atoms with Crippen molar-refractivity contribution in [3.63, 3.8) is 0 Å². The van der Waals surface area contributed by atoms with Gasteiger partial charge in [-0.25, -0.2) is 13.1 Å². The Labute approximate surface area is 110 Å². The van der Waals surface area contributed by atoms with Gasteiger partial charge in [0.05, 0.1) is 0 Å². The molecule has 0 fully saturated rings. The highest BCUT2D eigenvalue weighted by Gasteiger charge is 2.16. The summed E-state index contributed by atoms with van der Waals surface area (Å²) in [4.78, 5) is 5.95. The van der Waals surface area contributed by atoms with Crippen LogP contribution in [-0.4, -0.2) is 45.0 Å². The predicted octanol–water partition coefficient (Wildman–Crippen LogP) is 1.07. The van der Waals surface area contributed by atoms with Gasteiger partial charge in [-0.15, -0.1) is 0 Å². The predicted molar refractivity (Wildman–Crippen MR) is 70.3 cm³/mol. The summed E-state index contributed by atoms with van der Waals surface area (Å²) in [5, 5.41) is 0.